The summed E-state index contributed by atoms with van der Waals surface area (Å²) in [6.07, 6.45) is 10.9. The summed E-state index contributed by atoms with van der Waals surface area (Å²) in [5, 5.41) is 0. The predicted molar refractivity (Wildman–Crippen MR) is 77.1 cm³/mol. The molecule has 0 N–H and O–H groups in total. The van der Waals surface area contributed by atoms with Crippen molar-refractivity contribution in [3.05, 3.63) is 0 Å². The molecule has 5 heteroatoms. The highest BCUT2D eigenvalue weighted by atomic mass is 16.9. The van der Waals surface area contributed by atoms with Gasteiger partial charge in [0.2, 0.25) is 0 Å². The summed E-state index contributed by atoms with van der Waals surface area (Å²) in [7, 11) is 0. The van der Waals surface area contributed by atoms with Crippen molar-refractivity contribution in [2.45, 2.75) is 100 Å². The molecule has 3 saturated heterocycles. The average Bonchev–Trinajstić information content (AvgIpc) is 3.03. The van der Waals surface area contributed by atoms with Gasteiger partial charge < -0.3 is 23.7 Å². The minimum absolute atomic E-state index is 0.0295. The molecule has 124 valence electrons. The Morgan fingerprint density at radius 2 is 1.27 bits per heavy atom. The van der Waals surface area contributed by atoms with Crippen LogP contribution < -0.4 is 0 Å². The van der Waals surface area contributed by atoms with Crippen molar-refractivity contribution in [3.63, 3.8) is 0 Å². The summed E-state index contributed by atoms with van der Waals surface area (Å²) >= 11 is 0. The van der Waals surface area contributed by atoms with Crippen LogP contribution in [0.25, 0.3) is 0 Å². The third-order valence-electron chi connectivity index (χ3n) is 6.04. The van der Waals surface area contributed by atoms with Crippen LogP contribution in [0.4, 0.5) is 0 Å². The quantitative estimate of drug-likeness (QED) is 0.688. The molecule has 22 heavy (non-hydrogen) atoms. The van der Waals surface area contributed by atoms with Crippen molar-refractivity contribution in [1.29, 1.82) is 0 Å². The van der Waals surface area contributed by atoms with Crippen LogP contribution in [0.3, 0.4) is 0 Å². The van der Waals surface area contributed by atoms with Gasteiger partial charge in [0.05, 0.1) is 6.61 Å². The van der Waals surface area contributed by atoms with Gasteiger partial charge in [-0.3, -0.25) is 0 Å². The first-order valence-corrected chi connectivity index (χ1v) is 9.11. The largest absolute Gasteiger partial charge is 0.347 e. The zero-order valence-corrected chi connectivity index (χ0v) is 13.1. The molecular weight excluding hydrogens is 284 g/mol. The summed E-state index contributed by atoms with van der Waals surface area (Å²) in [5.41, 5.74) is 0. The molecule has 0 unspecified atom stereocenters. The monoisotopic (exact) mass is 310 g/mol. The van der Waals surface area contributed by atoms with E-state index < -0.39 is 5.79 Å². The Bertz CT molecular complexity index is 427. The van der Waals surface area contributed by atoms with Gasteiger partial charge in [-0.15, -0.1) is 0 Å². The summed E-state index contributed by atoms with van der Waals surface area (Å²) < 4.78 is 31.1. The fraction of sp³-hybridized carbons (Fsp3) is 1.00. The molecule has 5 nitrogen and oxygen atoms in total. The molecule has 0 aromatic rings. The lowest BCUT2D eigenvalue weighted by atomic mass is 9.92. The van der Waals surface area contributed by atoms with Crippen LogP contribution in [0.2, 0.25) is 0 Å². The van der Waals surface area contributed by atoms with Crippen LogP contribution in [0.15, 0.2) is 0 Å². The van der Waals surface area contributed by atoms with E-state index in [1.807, 2.05) is 0 Å². The number of hydrogen-bond donors (Lipinski definition) is 0. The Hall–Kier alpha value is -0.200. The fourth-order valence-electron chi connectivity index (χ4n) is 4.87. The van der Waals surface area contributed by atoms with Gasteiger partial charge in [0.1, 0.15) is 18.3 Å². The molecule has 4 atom stereocenters. The molecule has 2 saturated carbocycles. The first-order chi connectivity index (χ1) is 10.8. The third-order valence-corrected chi connectivity index (χ3v) is 6.04. The van der Waals surface area contributed by atoms with Crippen molar-refractivity contribution in [2.75, 3.05) is 6.61 Å². The molecule has 0 amide bonds. The lowest BCUT2D eigenvalue weighted by Gasteiger charge is -2.45. The highest BCUT2D eigenvalue weighted by molar-refractivity contribution is 5.00. The Labute approximate surface area is 131 Å². The lowest BCUT2D eigenvalue weighted by Crippen LogP contribution is -2.54. The van der Waals surface area contributed by atoms with Crippen LogP contribution in [0.1, 0.15) is 64.2 Å². The van der Waals surface area contributed by atoms with E-state index >= 15 is 0 Å². The zero-order chi connectivity index (χ0) is 14.6. The van der Waals surface area contributed by atoms with E-state index in [2.05, 4.69) is 0 Å². The smallest absolute Gasteiger partial charge is 0.190 e. The molecule has 3 aliphatic heterocycles. The number of ether oxygens (including phenoxy) is 5. The maximum absolute atomic E-state index is 6.43. The normalized spacial score (nSPS) is 45.8. The molecule has 0 aromatic carbocycles. The highest BCUT2D eigenvalue weighted by Crippen LogP contribution is 2.49. The van der Waals surface area contributed by atoms with Gasteiger partial charge >= 0.3 is 0 Å². The first-order valence-electron chi connectivity index (χ1n) is 9.11. The van der Waals surface area contributed by atoms with E-state index in [1.165, 1.54) is 38.5 Å². The molecule has 0 radical (unpaired) electrons. The molecule has 5 fully saturated rings. The van der Waals surface area contributed by atoms with Gasteiger partial charge in [-0.05, 0) is 25.7 Å². The molecule has 0 aromatic heterocycles. The second-order valence-corrected chi connectivity index (χ2v) is 7.58. The second-order valence-electron chi connectivity index (χ2n) is 7.58. The molecule has 3 heterocycles. The van der Waals surface area contributed by atoms with Crippen molar-refractivity contribution in [1.82, 2.24) is 0 Å². The van der Waals surface area contributed by atoms with Crippen molar-refractivity contribution >= 4 is 0 Å². The Balaban J connectivity index is 1.33. The summed E-state index contributed by atoms with van der Waals surface area (Å²) in [6, 6.07) is 0. The van der Waals surface area contributed by atoms with Crippen molar-refractivity contribution < 1.29 is 23.7 Å². The van der Waals surface area contributed by atoms with Crippen molar-refractivity contribution in [3.8, 4) is 0 Å². The Kier molecular flexibility index (Phi) is 3.32. The van der Waals surface area contributed by atoms with Crippen LogP contribution in [0.5, 0.6) is 0 Å². The average molecular weight is 310 g/mol. The molecule has 2 spiro atoms. The van der Waals surface area contributed by atoms with Gasteiger partial charge in [0.25, 0.3) is 0 Å². The van der Waals surface area contributed by atoms with Crippen LogP contribution in [-0.2, 0) is 23.7 Å². The maximum Gasteiger partial charge on any atom is 0.190 e. The first kappa shape index (κ1) is 14.2. The van der Waals surface area contributed by atoms with Gasteiger partial charge in [0.15, 0.2) is 17.9 Å². The van der Waals surface area contributed by atoms with Gasteiger partial charge in [-0.2, -0.15) is 0 Å². The van der Waals surface area contributed by atoms with E-state index in [0.29, 0.717) is 6.61 Å². The van der Waals surface area contributed by atoms with Crippen LogP contribution in [0, 0.1) is 0 Å². The standard InChI is InChI=1S/C17H26O5/c1-3-7-16(8-4-1)18-11-12-13(20-16)14-15(19-12)22-17(21-14)9-5-2-6-10-17/h12-15H,1-11H2/t12-,13+,14-,15-/m1/s1. The molecular formula is C17H26O5. The van der Waals surface area contributed by atoms with Gasteiger partial charge in [-0.1, -0.05) is 12.8 Å². The molecule has 0 bridgehead atoms. The fourth-order valence-corrected chi connectivity index (χ4v) is 4.87. The summed E-state index contributed by atoms with van der Waals surface area (Å²) in [6.45, 7) is 0.609. The van der Waals surface area contributed by atoms with E-state index in [0.717, 1.165) is 25.7 Å². The lowest BCUT2D eigenvalue weighted by molar-refractivity contribution is -0.345. The summed E-state index contributed by atoms with van der Waals surface area (Å²) in [4.78, 5) is 0. The molecule has 2 aliphatic carbocycles. The van der Waals surface area contributed by atoms with Crippen LogP contribution in [-0.4, -0.2) is 42.8 Å². The second kappa shape index (κ2) is 5.15. The van der Waals surface area contributed by atoms with Crippen molar-refractivity contribution in [2.24, 2.45) is 0 Å². The summed E-state index contributed by atoms with van der Waals surface area (Å²) in [5.74, 6) is -0.788. The van der Waals surface area contributed by atoms with Crippen LogP contribution >= 0.6 is 0 Å². The molecule has 5 rings (SSSR count). The Morgan fingerprint density at radius 1 is 0.636 bits per heavy atom. The topological polar surface area (TPSA) is 46.2 Å². The number of rotatable bonds is 0. The number of fused-ring (bicyclic) bond motifs is 3. The van der Waals surface area contributed by atoms with Gasteiger partial charge in [0, 0.05) is 25.7 Å². The number of hydrogen-bond acceptors (Lipinski definition) is 5. The van der Waals surface area contributed by atoms with E-state index in [1.54, 1.807) is 0 Å². The minimum Gasteiger partial charge on any atom is -0.347 e. The van der Waals surface area contributed by atoms with E-state index in [9.17, 15) is 0 Å². The zero-order valence-electron chi connectivity index (χ0n) is 13.1. The maximum atomic E-state index is 6.43. The molecule has 5 aliphatic rings. The Morgan fingerprint density at radius 3 is 2.00 bits per heavy atom. The predicted octanol–water partition coefficient (Wildman–Crippen LogP) is 2.86. The minimum atomic E-state index is -0.403. The highest BCUT2D eigenvalue weighted by Gasteiger charge is 2.61. The third kappa shape index (κ3) is 2.17. The van der Waals surface area contributed by atoms with E-state index in [-0.39, 0.29) is 30.4 Å². The SMILES string of the molecule is C1CCC2(CC1)OC[C@H]1O[C@@H]3OC4(CCCCC4)O[C@@H]3[C@H]1O2. The van der Waals surface area contributed by atoms with Gasteiger partial charge in [-0.25, -0.2) is 0 Å². The van der Waals surface area contributed by atoms with E-state index in [4.69, 9.17) is 23.7 Å².